The number of unbranched alkanes of at least 4 members (excludes halogenated alkanes) is 1. The third-order valence-electron chi connectivity index (χ3n) is 4.25. The summed E-state index contributed by atoms with van der Waals surface area (Å²) >= 11 is 0. The molecule has 1 heterocycles. The molecule has 1 aromatic carbocycles. The van der Waals surface area contributed by atoms with Gasteiger partial charge in [0.25, 0.3) is 0 Å². The minimum Gasteiger partial charge on any atom is -0.481 e. The molecule has 2 rings (SSSR count). The van der Waals surface area contributed by atoms with Gasteiger partial charge >= 0.3 is 5.97 Å². The highest BCUT2D eigenvalue weighted by Gasteiger charge is 2.33. The van der Waals surface area contributed by atoms with E-state index in [1.165, 1.54) is 4.31 Å². The fourth-order valence-electron chi connectivity index (χ4n) is 2.87. The summed E-state index contributed by atoms with van der Waals surface area (Å²) in [7, 11) is -3.58. The number of hydrogen-bond donors (Lipinski definition) is 2. The predicted molar refractivity (Wildman–Crippen MR) is 92.4 cm³/mol. The van der Waals surface area contributed by atoms with Crippen molar-refractivity contribution in [1.82, 2.24) is 9.62 Å². The Morgan fingerprint density at radius 3 is 2.60 bits per heavy atom. The molecular weight excluding hydrogens is 344 g/mol. The Morgan fingerprint density at radius 2 is 1.92 bits per heavy atom. The molecule has 7 nitrogen and oxygen atoms in total. The Morgan fingerprint density at radius 1 is 1.20 bits per heavy atom. The number of carboxylic acid groups (broad SMARTS) is 1. The molecule has 1 unspecified atom stereocenters. The third-order valence-corrected chi connectivity index (χ3v) is 6.13. The van der Waals surface area contributed by atoms with Gasteiger partial charge in [-0.2, -0.15) is 4.31 Å². The Kier molecular flexibility index (Phi) is 6.95. The van der Waals surface area contributed by atoms with Crippen molar-refractivity contribution in [3.05, 3.63) is 30.3 Å². The van der Waals surface area contributed by atoms with Gasteiger partial charge in [-0.3, -0.25) is 9.59 Å². The summed E-state index contributed by atoms with van der Waals surface area (Å²) in [4.78, 5) is 22.9. The molecule has 0 saturated carbocycles. The summed E-state index contributed by atoms with van der Waals surface area (Å²) < 4.78 is 26.7. The summed E-state index contributed by atoms with van der Waals surface area (Å²) in [5.74, 6) is -1.38. The van der Waals surface area contributed by atoms with Crippen LogP contribution in [0.2, 0.25) is 0 Å². The van der Waals surface area contributed by atoms with E-state index in [4.69, 9.17) is 5.11 Å². The molecule has 0 aliphatic carbocycles. The number of benzene rings is 1. The quantitative estimate of drug-likeness (QED) is 0.676. The van der Waals surface area contributed by atoms with E-state index in [9.17, 15) is 18.0 Å². The van der Waals surface area contributed by atoms with Gasteiger partial charge in [0, 0.05) is 26.1 Å². The molecule has 1 aliphatic heterocycles. The molecule has 8 heteroatoms. The molecule has 0 aromatic heterocycles. The average molecular weight is 368 g/mol. The van der Waals surface area contributed by atoms with Crippen molar-refractivity contribution >= 4 is 21.9 Å². The van der Waals surface area contributed by atoms with Crippen LogP contribution >= 0.6 is 0 Å². The molecule has 2 N–H and O–H groups in total. The Balaban J connectivity index is 1.88. The van der Waals surface area contributed by atoms with E-state index in [0.29, 0.717) is 38.8 Å². The Hall–Kier alpha value is -1.93. The maximum Gasteiger partial charge on any atom is 0.303 e. The first kappa shape index (κ1) is 19.4. The first-order chi connectivity index (χ1) is 11.9. The second-order valence-corrected chi connectivity index (χ2v) is 8.10. The van der Waals surface area contributed by atoms with E-state index in [-0.39, 0.29) is 29.7 Å². The minimum atomic E-state index is -3.58. The van der Waals surface area contributed by atoms with Gasteiger partial charge in [0.05, 0.1) is 10.8 Å². The summed E-state index contributed by atoms with van der Waals surface area (Å²) in [5.41, 5.74) is 0. The van der Waals surface area contributed by atoms with Crippen LogP contribution in [-0.4, -0.2) is 49.3 Å². The highest BCUT2D eigenvalue weighted by molar-refractivity contribution is 7.89. The lowest BCUT2D eigenvalue weighted by Gasteiger charge is -2.31. The van der Waals surface area contributed by atoms with Crippen molar-refractivity contribution in [3.8, 4) is 0 Å². The SMILES string of the molecule is O=C(O)CCCCNC(=O)C1CCCN(S(=O)(=O)c2ccccc2)C1. The van der Waals surface area contributed by atoms with Gasteiger partial charge in [-0.15, -0.1) is 0 Å². The van der Waals surface area contributed by atoms with Crippen LogP contribution in [0.4, 0.5) is 0 Å². The first-order valence-corrected chi connectivity index (χ1v) is 9.90. The van der Waals surface area contributed by atoms with Crippen LogP contribution in [0.3, 0.4) is 0 Å². The van der Waals surface area contributed by atoms with E-state index in [0.717, 1.165) is 0 Å². The van der Waals surface area contributed by atoms with Crippen molar-refractivity contribution in [2.24, 2.45) is 5.92 Å². The van der Waals surface area contributed by atoms with Crippen LogP contribution in [0.5, 0.6) is 0 Å². The number of piperidine rings is 1. The molecule has 138 valence electrons. The summed E-state index contributed by atoms with van der Waals surface area (Å²) in [6.07, 6.45) is 2.49. The molecule has 0 spiro atoms. The second-order valence-electron chi connectivity index (χ2n) is 6.16. The molecule has 1 saturated heterocycles. The van der Waals surface area contributed by atoms with Crippen LogP contribution in [0.25, 0.3) is 0 Å². The Labute approximate surface area is 148 Å². The zero-order valence-corrected chi connectivity index (χ0v) is 14.9. The van der Waals surface area contributed by atoms with Crippen molar-refractivity contribution in [2.45, 2.75) is 37.0 Å². The minimum absolute atomic E-state index is 0.0857. The lowest BCUT2D eigenvalue weighted by molar-refractivity contribution is -0.137. The number of nitrogens with one attached hydrogen (secondary N) is 1. The van der Waals surface area contributed by atoms with E-state index in [2.05, 4.69) is 5.32 Å². The van der Waals surface area contributed by atoms with E-state index in [1.807, 2.05) is 0 Å². The van der Waals surface area contributed by atoms with Crippen LogP contribution in [0.15, 0.2) is 35.2 Å². The summed E-state index contributed by atoms with van der Waals surface area (Å²) in [6, 6.07) is 8.23. The van der Waals surface area contributed by atoms with Gasteiger partial charge in [0.15, 0.2) is 0 Å². The first-order valence-electron chi connectivity index (χ1n) is 8.46. The number of carbonyl (C=O) groups is 2. The van der Waals surface area contributed by atoms with Gasteiger partial charge in [-0.1, -0.05) is 18.2 Å². The summed E-state index contributed by atoms with van der Waals surface area (Å²) in [5, 5.41) is 11.4. The number of amides is 1. The number of nitrogens with zero attached hydrogens (tertiary/aromatic N) is 1. The van der Waals surface area contributed by atoms with Crippen LogP contribution in [0.1, 0.15) is 32.1 Å². The second kappa shape index (κ2) is 8.96. The molecular formula is C17H24N2O5S. The molecule has 0 bridgehead atoms. The molecule has 0 radical (unpaired) electrons. The number of sulfonamides is 1. The van der Waals surface area contributed by atoms with Crippen molar-refractivity contribution in [1.29, 1.82) is 0 Å². The van der Waals surface area contributed by atoms with Crippen LogP contribution in [-0.2, 0) is 19.6 Å². The lowest BCUT2D eigenvalue weighted by Crippen LogP contribution is -2.45. The highest BCUT2D eigenvalue weighted by atomic mass is 32.2. The monoisotopic (exact) mass is 368 g/mol. The maximum atomic E-state index is 12.7. The fraction of sp³-hybridized carbons (Fsp3) is 0.529. The average Bonchev–Trinajstić information content (AvgIpc) is 2.62. The van der Waals surface area contributed by atoms with Gasteiger partial charge < -0.3 is 10.4 Å². The molecule has 1 aliphatic rings. The molecule has 25 heavy (non-hydrogen) atoms. The topological polar surface area (TPSA) is 104 Å². The molecule has 1 amide bonds. The fourth-order valence-corrected chi connectivity index (χ4v) is 4.42. The molecule has 1 fully saturated rings. The number of aliphatic carboxylic acids is 1. The van der Waals surface area contributed by atoms with Gasteiger partial charge in [0.2, 0.25) is 15.9 Å². The van der Waals surface area contributed by atoms with Gasteiger partial charge in [-0.25, -0.2) is 8.42 Å². The van der Waals surface area contributed by atoms with E-state index >= 15 is 0 Å². The van der Waals surface area contributed by atoms with Crippen LogP contribution < -0.4 is 5.32 Å². The number of carboxylic acids is 1. The smallest absolute Gasteiger partial charge is 0.303 e. The van der Waals surface area contributed by atoms with E-state index in [1.54, 1.807) is 30.3 Å². The lowest BCUT2D eigenvalue weighted by atomic mass is 9.99. The standard InChI is InChI=1S/C17H24N2O5S/c20-16(21)10-4-5-11-18-17(22)14-7-6-12-19(13-14)25(23,24)15-8-2-1-3-9-15/h1-3,8-9,14H,4-7,10-13H2,(H,18,22)(H,20,21). The zero-order valence-electron chi connectivity index (χ0n) is 14.1. The normalized spacial score (nSPS) is 18.6. The largest absolute Gasteiger partial charge is 0.481 e. The number of rotatable bonds is 8. The van der Waals surface area contributed by atoms with Crippen LogP contribution in [0, 0.1) is 5.92 Å². The summed E-state index contributed by atoms with van der Waals surface area (Å²) in [6.45, 7) is 1.01. The van der Waals surface area contributed by atoms with Crippen molar-refractivity contribution in [2.75, 3.05) is 19.6 Å². The van der Waals surface area contributed by atoms with Crippen molar-refractivity contribution in [3.63, 3.8) is 0 Å². The van der Waals surface area contributed by atoms with Crippen molar-refractivity contribution < 1.29 is 23.1 Å². The number of hydrogen-bond acceptors (Lipinski definition) is 4. The predicted octanol–water partition coefficient (Wildman–Crippen LogP) is 1.46. The Bertz CT molecular complexity index is 690. The van der Waals surface area contributed by atoms with E-state index < -0.39 is 16.0 Å². The van der Waals surface area contributed by atoms with Gasteiger partial charge in [-0.05, 0) is 37.8 Å². The highest BCUT2D eigenvalue weighted by Crippen LogP contribution is 2.23. The number of carbonyl (C=O) groups excluding carboxylic acids is 1. The maximum absolute atomic E-state index is 12.7. The van der Waals surface area contributed by atoms with Gasteiger partial charge in [0.1, 0.15) is 0 Å². The molecule has 1 atom stereocenters. The third kappa shape index (κ3) is 5.54. The molecule has 1 aromatic rings. The zero-order chi connectivity index (χ0) is 18.3.